The van der Waals surface area contributed by atoms with Crippen molar-refractivity contribution < 1.29 is 9.13 Å². The normalized spacial score (nSPS) is 25.3. The molecule has 1 fully saturated rings. The van der Waals surface area contributed by atoms with Gasteiger partial charge in [0.25, 0.3) is 0 Å². The van der Waals surface area contributed by atoms with Gasteiger partial charge in [-0.25, -0.2) is 4.39 Å². The van der Waals surface area contributed by atoms with Gasteiger partial charge in [-0.2, -0.15) is 0 Å². The van der Waals surface area contributed by atoms with E-state index in [2.05, 4.69) is 17.1 Å². The summed E-state index contributed by atoms with van der Waals surface area (Å²) >= 11 is 0. The van der Waals surface area contributed by atoms with Gasteiger partial charge in [-0.15, -0.1) is 0 Å². The van der Waals surface area contributed by atoms with Crippen molar-refractivity contribution in [3.8, 4) is 0 Å². The lowest BCUT2D eigenvalue weighted by molar-refractivity contribution is -0.0687. The average molecular weight is 252 g/mol. The Morgan fingerprint density at radius 1 is 1.50 bits per heavy atom. The van der Waals surface area contributed by atoms with Crippen LogP contribution in [0.2, 0.25) is 0 Å². The predicted molar refractivity (Wildman–Crippen MR) is 70.1 cm³/mol. The fourth-order valence-corrected chi connectivity index (χ4v) is 2.63. The molecular weight excluding hydrogens is 231 g/mol. The number of halogens is 1. The van der Waals surface area contributed by atoms with Gasteiger partial charge in [0.15, 0.2) is 0 Å². The Bertz CT molecular complexity index is 384. The first kappa shape index (κ1) is 13.5. The molecule has 2 unspecified atom stereocenters. The summed E-state index contributed by atoms with van der Waals surface area (Å²) in [6.07, 6.45) is 0.0745. The molecule has 1 heterocycles. The molecule has 0 saturated carbocycles. The van der Waals surface area contributed by atoms with Gasteiger partial charge < -0.3 is 10.1 Å². The van der Waals surface area contributed by atoms with E-state index in [1.54, 1.807) is 12.1 Å². The molecule has 1 aliphatic heterocycles. The van der Waals surface area contributed by atoms with Gasteiger partial charge in [0.2, 0.25) is 0 Å². The van der Waals surface area contributed by atoms with Crippen molar-refractivity contribution in [1.29, 1.82) is 0 Å². The molecule has 2 rings (SSSR count). The highest BCUT2D eigenvalue weighted by Crippen LogP contribution is 2.29. The second-order valence-corrected chi connectivity index (χ2v) is 4.60. The number of ether oxygens (including phenoxy) is 1. The molecule has 2 atom stereocenters. The van der Waals surface area contributed by atoms with Crippen molar-refractivity contribution in [1.82, 2.24) is 10.2 Å². The van der Waals surface area contributed by atoms with Crippen LogP contribution in [0.4, 0.5) is 4.39 Å². The van der Waals surface area contributed by atoms with E-state index in [1.807, 2.05) is 13.1 Å². The summed E-state index contributed by atoms with van der Waals surface area (Å²) in [5, 5.41) is 3.15. The molecule has 100 valence electrons. The average Bonchev–Trinajstić information content (AvgIpc) is 2.38. The number of likely N-dealkylation sites (N-methyl/N-ethyl adjacent to an activating group) is 2. The van der Waals surface area contributed by atoms with Crippen LogP contribution in [0.15, 0.2) is 24.3 Å². The minimum absolute atomic E-state index is 0.0745. The van der Waals surface area contributed by atoms with Crippen molar-refractivity contribution in [3.63, 3.8) is 0 Å². The van der Waals surface area contributed by atoms with Crippen LogP contribution in [0.3, 0.4) is 0 Å². The van der Waals surface area contributed by atoms with E-state index < -0.39 is 0 Å². The maximum Gasteiger partial charge on any atom is 0.123 e. The molecule has 0 bridgehead atoms. The molecule has 18 heavy (non-hydrogen) atoms. The third-order valence-electron chi connectivity index (χ3n) is 3.46. The van der Waals surface area contributed by atoms with Crippen LogP contribution in [-0.4, -0.2) is 44.3 Å². The lowest BCUT2D eigenvalue weighted by atomic mass is 9.97. The molecule has 4 heteroatoms. The van der Waals surface area contributed by atoms with Gasteiger partial charge in [-0.05, 0) is 31.3 Å². The molecule has 0 aliphatic carbocycles. The Morgan fingerprint density at radius 3 is 3.00 bits per heavy atom. The first-order chi connectivity index (χ1) is 8.76. The second kappa shape index (κ2) is 6.27. The van der Waals surface area contributed by atoms with E-state index in [0.717, 1.165) is 31.8 Å². The molecule has 0 aromatic heterocycles. The Kier molecular flexibility index (Phi) is 4.69. The minimum Gasteiger partial charge on any atom is -0.374 e. The highest BCUT2D eigenvalue weighted by atomic mass is 19.1. The summed E-state index contributed by atoms with van der Waals surface area (Å²) in [4.78, 5) is 2.35. The first-order valence-electron chi connectivity index (χ1n) is 6.52. The largest absolute Gasteiger partial charge is 0.374 e. The SMILES string of the molecule is CCN1CCOC(CNC)C1c1cccc(F)c1. The Hall–Kier alpha value is -0.970. The molecule has 3 nitrogen and oxygen atoms in total. The monoisotopic (exact) mass is 252 g/mol. The van der Waals surface area contributed by atoms with Gasteiger partial charge in [0.1, 0.15) is 5.82 Å². The van der Waals surface area contributed by atoms with E-state index in [9.17, 15) is 4.39 Å². The lowest BCUT2D eigenvalue weighted by Gasteiger charge is -2.41. The zero-order chi connectivity index (χ0) is 13.0. The molecule has 0 radical (unpaired) electrons. The summed E-state index contributed by atoms with van der Waals surface area (Å²) in [5.41, 5.74) is 0.997. The smallest absolute Gasteiger partial charge is 0.123 e. The van der Waals surface area contributed by atoms with Crippen LogP contribution in [0.1, 0.15) is 18.5 Å². The third-order valence-corrected chi connectivity index (χ3v) is 3.46. The number of hydrogen-bond acceptors (Lipinski definition) is 3. The van der Waals surface area contributed by atoms with E-state index in [0.29, 0.717) is 0 Å². The van der Waals surface area contributed by atoms with Crippen LogP contribution < -0.4 is 5.32 Å². The maximum atomic E-state index is 13.4. The molecule has 0 amide bonds. The topological polar surface area (TPSA) is 24.5 Å². The van der Waals surface area contributed by atoms with Gasteiger partial charge in [-0.3, -0.25) is 4.90 Å². The minimum atomic E-state index is -0.183. The number of nitrogens with zero attached hydrogens (tertiary/aromatic N) is 1. The molecule has 1 aliphatic rings. The highest BCUT2D eigenvalue weighted by Gasteiger charge is 2.32. The summed E-state index contributed by atoms with van der Waals surface area (Å²) in [5.74, 6) is -0.183. The molecule has 0 spiro atoms. The molecule has 1 N–H and O–H groups in total. The predicted octanol–water partition coefficient (Wildman–Crippen LogP) is 1.81. The van der Waals surface area contributed by atoms with E-state index in [1.165, 1.54) is 6.07 Å². The number of hydrogen-bond donors (Lipinski definition) is 1. The van der Waals surface area contributed by atoms with Crippen LogP contribution in [0.5, 0.6) is 0 Å². The van der Waals surface area contributed by atoms with Gasteiger partial charge in [0.05, 0.1) is 18.8 Å². The maximum absolute atomic E-state index is 13.4. The number of benzene rings is 1. The summed E-state index contributed by atoms with van der Waals surface area (Å²) in [6, 6.07) is 6.98. The van der Waals surface area contributed by atoms with E-state index >= 15 is 0 Å². The number of rotatable bonds is 4. The zero-order valence-corrected chi connectivity index (χ0v) is 11.0. The highest BCUT2D eigenvalue weighted by molar-refractivity contribution is 5.22. The first-order valence-corrected chi connectivity index (χ1v) is 6.52. The van der Waals surface area contributed by atoms with E-state index in [4.69, 9.17) is 4.74 Å². The van der Waals surface area contributed by atoms with Crippen LogP contribution in [0.25, 0.3) is 0 Å². The van der Waals surface area contributed by atoms with Crippen molar-refractivity contribution in [3.05, 3.63) is 35.6 Å². The Morgan fingerprint density at radius 2 is 2.33 bits per heavy atom. The van der Waals surface area contributed by atoms with Crippen molar-refractivity contribution in [2.24, 2.45) is 0 Å². The summed E-state index contributed by atoms with van der Waals surface area (Å²) in [7, 11) is 1.91. The van der Waals surface area contributed by atoms with Crippen LogP contribution >= 0.6 is 0 Å². The summed E-state index contributed by atoms with van der Waals surface area (Å²) < 4.78 is 19.2. The lowest BCUT2D eigenvalue weighted by Crippen LogP contribution is -2.48. The molecule has 1 aromatic carbocycles. The van der Waals surface area contributed by atoms with Crippen LogP contribution in [-0.2, 0) is 4.74 Å². The Labute approximate surface area is 108 Å². The standard InChI is InChI=1S/C14H21FN2O/c1-3-17-7-8-18-13(10-16-2)14(17)11-5-4-6-12(15)9-11/h4-6,9,13-14,16H,3,7-8,10H2,1-2H3. The van der Waals surface area contributed by atoms with E-state index in [-0.39, 0.29) is 18.0 Å². The summed E-state index contributed by atoms with van der Waals surface area (Å²) in [6.45, 7) is 5.50. The Balaban J connectivity index is 2.27. The van der Waals surface area contributed by atoms with Crippen molar-refractivity contribution in [2.45, 2.75) is 19.1 Å². The van der Waals surface area contributed by atoms with Crippen LogP contribution in [0, 0.1) is 5.82 Å². The van der Waals surface area contributed by atoms with Crippen molar-refractivity contribution in [2.75, 3.05) is 33.3 Å². The third kappa shape index (κ3) is 2.88. The molecular formula is C14H21FN2O. The number of morpholine rings is 1. The van der Waals surface area contributed by atoms with Gasteiger partial charge in [0, 0.05) is 13.1 Å². The fraction of sp³-hybridized carbons (Fsp3) is 0.571. The van der Waals surface area contributed by atoms with Gasteiger partial charge in [-0.1, -0.05) is 19.1 Å². The molecule has 1 aromatic rings. The molecule has 1 saturated heterocycles. The quantitative estimate of drug-likeness (QED) is 0.884. The van der Waals surface area contributed by atoms with Gasteiger partial charge >= 0.3 is 0 Å². The number of nitrogens with one attached hydrogen (secondary N) is 1. The van der Waals surface area contributed by atoms with Crippen molar-refractivity contribution >= 4 is 0 Å². The zero-order valence-electron chi connectivity index (χ0n) is 11.0. The second-order valence-electron chi connectivity index (χ2n) is 4.60. The fourth-order valence-electron chi connectivity index (χ4n) is 2.63.